The van der Waals surface area contributed by atoms with Crippen LogP contribution in [0.2, 0.25) is 0 Å². The van der Waals surface area contributed by atoms with Gasteiger partial charge >= 0.3 is 0 Å². The number of rotatable bonds is 15. The Morgan fingerprint density at radius 1 is 0.952 bits per heavy atom. The van der Waals surface area contributed by atoms with E-state index < -0.39 is 0 Å². The molecule has 0 saturated carbocycles. The van der Waals surface area contributed by atoms with E-state index in [0.717, 1.165) is 25.6 Å². The molecule has 2 nitrogen and oxygen atoms in total. The first-order valence-electron chi connectivity index (χ1n) is 9.26. The van der Waals surface area contributed by atoms with Crippen molar-refractivity contribution in [2.24, 2.45) is 11.3 Å². The van der Waals surface area contributed by atoms with Crippen LogP contribution >= 0.6 is 0 Å². The van der Waals surface area contributed by atoms with Crippen molar-refractivity contribution in [1.29, 1.82) is 0 Å². The maximum absolute atomic E-state index is 5.11. The summed E-state index contributed by atoms with van der Waals surface area (Å²) in [7, 11) is 1.77. The van der Waals surface area contributed by atoms with Gasteiger partial charge in [-0.2, -0.15) is 0 Å². The predicted octanol–water partition coefficient (Wildman–Crippen LogP) is 5.42. The van der Waals surface area contributed by atoms with Crippen LogP contribution in [0, 0.1) is 11.3 Å². The second-order valence-corrected chi connectivity index (χ2v) is 7.20. The van der Waals surface area contributed by atoms with Crippen LogP contribution in [0.25, 0.3) is 0 Å². The highest BCUT2D eigenvalue weighted by molar-refractivity contribution is 4.80. The van der Waals surface area contributed by atoms with Gasteiger partial charge in [0.1, 0.15) is 0 Å². The van der Waals surface area contributed by atoms with E-state index in [1.165, 1.54) is 57.8 Å². The lowest BCUT2D eigenvalue weighted by molar-refractivity contribution is 0.164. The monoisotopic (exact) mass is 299 g/mol. The average molecular weight is 300 g/mol. The number of hydrogen-bond donors (Lipinski definition) is 1. The van der Waals surface area contributed by atoms with Gasteiger partial charge in [-0.05, 0) is 17.8 Å². The summed E-state index contributed by atoms with van der Waals surface area (Å²) in [6.45, 7) is 12.4. The highest BCUT2D eigenvalue weighted by Gasteiger charge is 2.27. The minimum absolute atomic E-state index is 0.427. The van der Waals surface area contributed by atoms with Crippen LogP contribution in [0.15, 0.2) is 0 Å². The van der Waals surface area contributed by atoms with Crippen molar-refractivity contribution in [2.75, 3.05) is 26.8 Å². The first kappa shape index (κ1) is 20.9. The largest absolute Gasteiger partial charge is 0.383 e. The third-order valence-corrected chi connectivity index (χ3v) is 5.01. The molecule has 0 radical (unpaired) electrons. The molecule has 0 saturated heterocycles. The summed E-state index contributed by atoms with van der Waals surface area (Å²) in [5.74, 6) is 0.733. The summed E-state index contributed by atoms with van der Waals surface area (Å²) in [5, 5.41) is 3.56. The molecule has 0 rings (SSSR count). The van der Waals surface area contributed by atoms with Gasteiger partial charge in [0.05, 0.1) is 6.61 Å². The van der Waals surface area contributed by atoms with Crippen molar-refractivity contribution >= 4 is 0 Å². The van der Waals surface area contributed by atoms with Crippen molar-refractivity contribution in [2.45, 2.75) is 85.5 Å². The zero-order valence-corrected chi connectivity index (χ0v) is 15.5. The molecular weight excluding hydrogens is 258 g/mol. The summed E-state index contributed by atoms with van der Waals surface area (Å²) in [4.78, 5) is 0. The number of unbranched alkanes of at least 4 members (excludes halogenated alkanes) is 7. The van der Waals surface area contributed by atoms with Crippen molar-refractivity contribution in [3.8, 4) is 0 Å². The van der Waals surface area contributed by atoms with Gasteiger partial charge in [-0.3, -0.25) is 0 Å². The third-order valence-electron chi connectivity index (χ3n) is 5.01. The number of hydrogen-bond acceptors (Lipinski definition) is 2. The SMILES string of the molecule is CCCCCCCCCCC(C)(CNCCOC)C(C)C. The van der Waals surface area contributed by atoms with Gasteiger partial charge in [-0.1, -0.05) is 79.1 Å². The maximum Gasteiger partial charge on any atom is 0.0587 e. The second kappa shape index (κ2) is 13.6. The first-order valence-corrected chi connectivity index (χ1v) is 9.26. The third kappa shape index (κ3) is 11.2. The fourth-order valence-electron chi connectivity index (χ4n) is 2.79. The van der Waals surface area contributed by atoms with E-state index in [9.17, 15) is 0 Å². The van der Waals surface area contributed by atoms with Crippen LogP contribution in [-0.2, 0) is 4.74 Å². The van der Waals surface area contributed by atoms with E-state index in [2.05, 4.69) is 33.0 Å². The topological polar surface area (TPSA) is 21.3 Å². The summed E-state index contributed by atoms with van der Waals surface area (Å²) in [6.07, 6.45) is 12.6. The average Bonchev–Trinajstić information content (AvgIpc) is 2.46. The van der Waals surface area contributed by atoms with Crippen LogP contribution in [0.5, 0.6) is 0 Å². The van der Waals surface area contributed by atoms with Crippen LogP contribution < -0.4 is 5.32 Å². The molecule has 21 heavy (non-hydrogen) atoms. The molecule has 1 N–H and O–H groups in total. The lowest BCUT2D eigenvalue weighted by atomic mass is 9.75. The van der Waals surface area contributed by atoms with E-state index >= 15 is 0 Å². The molecule has 2 heteroatoms. The molecule has 0 heterocycles. The molecule has 0 aromatic heterocycles. The van der Waals surface area contributed by atoms with Gasteiger partial charge in [0.25, 0.3) is 0 Å². The molecule has 0 bridgehead atoms. The molecule has 128 valence electrons. The van der Waals surface area contributed by atoms with E-state index in [4.69, 9.17) is 4.74 Å². The Labute approximate surface area is 134 Å². The molecular formula is C19H41NO. The molecule has 0 aliphatic carbocycles. The van der Waals surface area contributed by atoms with E-state index in [1.807, 2.05) is 0 Å². The minimum Gasteiger partial charge on any atom is -0.383 e. The maximum atomic E-state index is 5.11. The van der Waals surface area contributed by atoms with Crippen molar-refractivity contribution in [1.82, 2.24) is 5.32 Å². The van der Waals surface area contributed by atoms with Gasteiger partial charge in [0.2, 0.25) is 0 Å². The molecule has 0 aliphatic heterocycles. The Kier molecular flexibility index (Phi) is 13.5. The molecule has 0 aromatic rings. The fraction of sp³-hybridized carbons (Fsp3) is 1.00. The Bertz CT molecular complexity index is 218. The van der Waals surface area contributed by atoms with Gasteiger partial charge in [-0.15, -0.1) is 0 Å². The predicted molar refractivity (Wildman–Crippen MR) is 94.9 cm³/mol. The quantitative estimate of drug-likeness (QED) is 0.408. The number of ether oxygens (including phenoxy) is 1. The first-order chi connectivity index (χ1) is 10.1. The van der Waals surface area contributed by atoms with Crippen LogP contribution in [0.4, 0.5) is 0 Å². The molecule has 0 aromatic carbocycles. The molecule has 0 aliphatic rings. The molecule has 0 spiro atoms. The number of methoxy groups -OCH3 is 1. The fourth-order valence-corrected chi connectivity index (χ4v) is 2.79. The Hall–Kier alpha value is -0.0800. The highest BCUT2D eigenvalue weighted by atomic mass is 16.5. The smallest absolute Gasteiger partial charge is 0.0587 e. The van der Waals surface area contributed by atoms with E-state index in [-0.39, 0.29) is 0 Å². The highest BCUT2D eigenvalue weighted by Crippen LogP contribution is 2.32. The zero-order chi connectivity index (χ0) is 16.0. The molecule has 1 atom stereocenters. The van der Waals surface area contributed by atoms with Gasteiger partial charge in [-0.25, -0.2) is 0 Å². The van der Waals surface area contributed by atoms with E-state index in [0.29, 0.717) is 5.41 Å². The number of nitrogens with one attached hydrogen (secondary N) is 1. The van der Waals surface area contributed by atoms with E-state index in [1.54, 1.807) is 7.11 Å². The second-order valence-electron chi connectivity index (χ2n) is 7.20. The molecule has 0 amide bonds. The Morgan fingerprint density at radius 3 is 2.05 bits per heavy atom. The van der Waals surface area contributed by atoms with Crippen LogP contribution in [0.3, 0.4) is 0 Å². The normalized spacial score (nSPS) is 14.6. The molecule has 1 unspecified atom stereocenters. The lowest BCUT2D eigenvalue weighted by Gasteiger charge is -2.34. The Morgan fingerprint density at radius 2 is 1.52 bits per heavy atom. The standard InChI is InChI=1S/C19H41NO/c1-6-7-8-9-10-11-12-13-14-19(4,18(2)3)17-20-15-16-21-5/h18,20H,6-17H2,1-5H3. The van der Waals surface area contributed by atoms with Crippen molar-refractivity contribution in [3.63, 3.8) is 0 Å². The van der Waals surface area contributed by atoms with Gasteiger partial charge in [0.15, 0.2) is 0 Å². The summed E-state index contributed by atoms with van der Waals surface area (Å²) in [6, 6.07) is 0. The van der Waals surface area contributed by atoms with Crippen molar-refractivity contribution in [3.05, 3.63) is 0 Å². The zero-order valence-electron chi connectivity index (χ0n) is 15.5. The minimum atomic E-state index is 0.427. The van der Waals surface area contributed by atoms with Crippen molar-refractivity contribution < 1.29 is 4.74 Å². The van der Waals surface area contributed by atoms with Crippen LogP contribution in [-0.4, -0.2) is 26.8 Å². The summed E-state index contributed by atoms with van der Waals surface area (Å²) in [5.41, 5.74) is 0.427. The molecule has 0 fully saturated rings. The summed E-state index contributed by atoms with van der Waals surface area (Å²) >= 11 is 0. The summed E-state index contributed by atoms with van der Waals surface area (Å²) < 4.78 is 5.11. The van der Waals surface area contributed by atoms with Crippen LogP contribution in [0.1, 0.15) is 85.5 Å². The van der Waals surface area contributed by atoms with Gasteiger partial charge in [0, 0.05) is 20.2 Å². The van der Waals surface area contributed by atoms with Gasteiger partial charge < -0.3 is 10.1 Å². The lowest BCUT2D eigenvalue weighted by Crippen LogP contribution is -2.37. The Balaban J connectivity index is 3.72.